The number of rotatable bonds is 10. The highest BCUT2D eigenvalue weighted by Crippen LogP contribution is 2.23. The number of imide groups is 1. The highest BCUT2D eigenvalue weighted by atomic mass is 19.3. The highest BCUT2D eigenvalue weighted by Gasteiger charge is 2.20. The maximum absolute atomic E-state index is 12.3. The Balaban J connectivity index is 1.98. The summed E-state index contributed by atoms with van der Waals surface area (Å²) >= 11 is 0. The van der Waals surface area contributed by atoms with Crippen LogP contribution in [0, 0.1) is 10.1 Å². The van der Waals surface area contributed by atoms with Crippen LogP contribution in [-0.4, -0.2) is 54.2 Å². The Hall–Kier alpha value is -4.13. The SMILES string of the molecule is O=C(COC(=O)c1cc([N+](=O)[O-])ccc1NCCO)NC(=O)c1ccc(OC(F)F)cc1. The molecule has 0 atom stereocenters. The van der Waals surface area contributed by atoms with E-state index in [-0.39, 0.29) is 35.7 Å². The number of non-ortho nitro benzene ring substituents is 1. The Morgan fingerprint density at radius 1 is 1.12 bits per heavy atom. The first-order valence-electron chi connectivity index (χ1n) is 8.90. The minimum atomic E-state index is -3.03. The van der Waals surface area contributed by atoms with Gasteiger partial charge in [-0.05, 0) is 30.3 Å². The number of esters is 1. The van der Waals surface area contributed by atoms with E-state index in [1.165, 1.54) is 6.07 Å². The lowest BCUT2D eigenvalue weighted by molar-refractivity contribution is -0.384. The molecule has 0 aromatic heterocycles. The number of halogens is 2. The van der Waals surface area contributed by atoms with Gasteiger partial charge in [-0.2, -0.15) is 8.78 Å². The molecule has 0 bridgehead atoms. The van der Waals surface area contributed by atoms with Crippen molar-refractivity contribution in [3.8, 4) is 5.75 Å². The van der Waals surface area contributed by atoms with E-state index in [1.54, 1.807) is 0 Å². The van der Waals surface area contributed by atoms with Crippen LogP contribution >= 0.6 is 0 Å². The Bertz CT molecular complexity index is 999. The summed E-state index contributed by atoms with van der Waals surface area (Å²) in [6, 6.07) is 7.83. The summed E-state index contributed by atoms with van der Waals surface area (Å²) in [5.74, 6) is -3.13. The Morgan fingerprint density at radius 2 is 1.81 bits per heavy atom. The maximum atomic E-state index is 12.3. The zero-order valence-electron chi connectivity index (χ0n) is 16.2. The lowest BCUT2D eigenvalue weighted by Crippen LogP contribution is -2.34. The van der Waals surface area contributed by atoms with Crippen molar-refractivity contribution in [1.82, 2.24) is 5.32 Å². The fraction of sp³-hybridized carbons (Fsp3) is 0.211. The molecule has 0 aliphatic carbocycles. The highest BCUT2D eigenvalue weighted by molar-refractivity contribution is 6.05. The van der Waals surface area contributed by atoms with Crippen molar-refractivity contribution in [2.75, 3.05) is 25.1 Å². The van der Waals surface area contributed by atoms with E-state index in [4.69, 9.17) is 9.84 Å². The Labute approximate surface area is 179 Å². The zero-order valence-corrected chi connectivity index (χ0v) is 16.2. The van der Waals surface area contributed by atoms with Gasteiger partial charge in [0.25, 0.3) is 17.5 Å². The van der Waals surface area contributed by atoms with E-state index < -0.39 is 41.6 Å². The molecule has 11 nitrogen and oxygen atoms in total. The molecule has 0 saturated carbocycles. The summed E-state index contributed by atoms with van der Waals surface area (Å²) in [5, 5.41) is 24.5. The first kappa shape index (κ1) is 24.1. The number of amides is 2. The molecule has 0 aliphatic rings. The molecule has 2 aromatic rings. The fourth-order valence-electron chi connectivity index (χ4n) is 2.39. The van der Waals surface area contributed by atoms with E-state index in [0.29, 0.717) is 0 Å². The Morgan fingerprint density at radius 3 is 2.41 bits per heavy atom. The number of aliphatic hydroxyl groups excluding tert-OH is 1. The van der Waals surface area contributed by atoms with Crippen LogP contribution in [0.15, 0.2) is 42.5 Å². The lowest BCUT2D eigenvalue weighted by Gasteiger charge is -2.11. The van der Waals surface area contributed by atoms with Gasteiger partial charge in [0.15, 0.2) is 6.61 Å². The zero-order chi connectivity index (χ0) is 23.7. The van der Waals surface area contributed by atoms with Crippen LogP contribution in [-0.2, 0) is 9.53 Å². The van der Waals surface area contributed by atoms with Crippen LogP contribution in [0.25, 0.3) is 0 Å². The number of nitro benzene ring substituents is 1. The number of hydrogen-bond donors (Lipinski definition) is 3. The summed E-state index contributed by atoms with van der Waals surface area (Å²) in [7, 11) is 0. The molecule has 170 valence electrons. The van der Waals surface area contributed by atoms with Crippen molar-refractivity contribution in [2.45, 2.75) is 6.61 Å². The number of hydrogen-bond acceptors (Lipinski definition) is 9. The Kier molecular flexibility index (Phi) is 8.53. The first-order valence-corrected chi connectivity index (χ1v) is 8.90. The molecule has 0 radical (unpaired) electrons. The molecule has 13 heteroatoms. The maximum Gasteiger partial charge on any atom is 0.387 e. The molecule has 0 unspecified atom stereocenters. The summed E-state index contributed by atoms with van der Waals surface area (Å²) in [5.41, 5.74) is -0.551. The van der Waals surface area contributed by atoms with Crippen molar-refractivity contribution >= 4 is 29.2 Å². The van der Waals surface area contributed by atoms with E-state index in [9.17, 15) is 33.3 Å². The number of ether oxygens (including phenoxy) is 2. The number of nitro groups is 1. The largest absolute Gasteiger partial charge is 0.452 e. The topological polar surface area (TPSA) is 157 Å². The number of nitrogens with zero attached hydrogens (tertiary/aromatic N) is 1. The molecule has 0 fully saturated rings. The van der Waals surface area contributed by atoms with Gasteiger partial charge in [-0.25, -0.2) is 4.79 Å². The van der Waals surface area contributed by atoms with Crippen molar-refractivity contribution in [3.63, 3.8) is 0 Å². The van der Waals surface area contributed by atoms with Crippen LogP contribution in [0.5, 0.6) is 5.75 Å². The number of benzene rings is 2. The van der Waals surface area contributed by atoms with Crippen LogP contribution in [0.4, 0.5) is 20.2 Å². The van der Waals surface area contributed by atoms with Gasteiger partial charge in [0.2, 0.25) is 0 Å². The van der Waals surface area contributed by atoms with Crippen molar-refractivity contribution in [2.24, 2.45) is 0 Å². The summed E-state index contributed by atoms with van der Waals surface area (Å²) < 4.78 is 33.2. The van der Waals surface area contributed by atoms with Gasteiger partial charge in [-0.1, -0.05) is 0 Å². The van der Waals surface area contributed by atoms with Gasteiger partial charge in [-0.3, -0.25) is 25.0 Å². The summed E-state index contributed by atoms with van der Waals surface area (Å²) in [6.07, 6.45) is 0. The van der Waals surface area contributed by atoms with Gasteiger partial charge in [0.05, 0.1) is 17.1 Å². The number of anilines is 1. The number of nitrogens with one attached hydrogen (secondary N) is 2. The number of carbonyl (C=O) groups is 3. The molecule has 2 rings (SSSR count). The standard InChI is InChI=1S/C19H17F2N3O8/c20-19(21)32-13-4-1-11(2-5-13)17(27)23-16(26)10-31-18(28)14-9-12(24(29)30)3-6-15(14)22-7-8-25/h1-6,9,19,22,25H,7-8,10H2,(H,23,26,27). The van der Waals surface area contributed by atoms with Crippen molar-refractivity contribution in [3.05, 3.63) is 63.7 Å². The molecular formula is C19H17F2N3O8. The fourth-order valence-corrected chi connectivity index (χ4v) is 2.39. The molecule has 2 amide bonds. The second-order valence-electron chi connectivity index (χ2n) is 5.99. The van der Waals surface area contributed by atoms with Gasteiger partial charge in [-0.15, -0.1) is 0 Å². The molecule has 3 N–H and O–H groups in total. The number of alkyl halides is 2. The van der Waals surface area contributed by atoms with Gasteiger partial charge >= 0.3 is 12.6 Å². The third-order valence-corrected chi connectivity index (χ3v) is 3.79. The monoisotopic (exact) mass is 453 g/mol. The molecule has 0 saturated heterocycles. The molecule has 0 spiro atoms. The quantitative estimate of drug-likeness (QED) is 0.277. The third-order valence-electron chi connectivity index (χ3n) is 3.79. The predicted molar refractivity (Wildman–Crippen MR) is 105 cm³/mol. The summed E-state index contributed by atoms with van der Waals surface area (Å²) in [4.78, 5) is 46.5. The van der Waals surface area contributed by atoms with Crippen molar-refractivity contribution < 1.29 is 42.7 Å². The first-order chi connectivity index (χ1) is 15.2. The van der Waals surface area contributed by atoms with Gasteiger partial charge in [0, 0.05) is 29.9 Å². The molecule has 0 heterocycles. The number of carbonyl (C=O) groups excluding carboxylic acids is 3. The molecule has 0 aliphatic heterocycles. The van der Waals surface area contributed by atoms with Crippen LogP contribution in [0.1, 0.15) is 20.7 Å². The minimum Gasteiger partial charge on any atom is -0.452 e. The molecule has 32 heavy (non-hydrogen) atoms. The van der Waals surface area contributed by atoms with Crippen LogP contribution in [0.2, 0.25) is 0 Å². The average Bonchev–Trinajstić information content (AvgIpc) is 2.75. The minimum absolute atomic E-state index is 0.0412. The number of aliphatic hydroxyl groups is 1. The van der Waals surface area contributed by atoms with E-state index >= 15 is 0 Å². The second kappa shape index (κ2) is 11.3. The van der Waals surface area contributed by atoms with Crippen LogP contribution in [0.3, 0.4) is 0 Å². The lowest BCUT2D eigenvalue weighted by atomic mass is 10.1. The molecule has 2 aromatic carbocycles. The van der Waals surface area contributed by atoms with E-state index in [2.05, 4.69) is 10.1 Å². The average molecular weight is 453 g/mol. The van der Waals surface area contributed by atoms with Crippen molar-refractivity contribution in [1.29, 1.82) is 0 Å². The third kappa shape index (κ3) is 6.98. The molecular weight excluding hydrogens is 436 g/mol. The normalized spacial score (nSPS) is 10.4. The van der Waals surface area contributed by atoms with Gasteiger partial charge < -0.3 is 19.9 Å². The second-order valence-corrected chi connectivity index (χ2v) is 5.99. The predicted octanol–water partition coefficient (Wildman–Crippen LogP) is 1.71. The van der Waals surface area contributed by atoms with Gasteiger partial charge in [0.1, 0.15) is 5.75 Å². The van der Waals surface area contributed by atoms with E-state index in [0.717, 1.165) is 36.4 Å². The summed E-state index contributed by atoms with van der Waals surface area (Å²) in [6.45, 7) is -4.13. The van der Waals surface area contributed by atoms with E-state index in [1.807, 2.05) is 5.32 Å². The smallest absolute Gasteiger partial charge is 0.387 e. The van der Waals surface area contributed by atoms with Crippen LogP contribution < -0.4 is 15.4 Å².